The summed E-state index contributed by atoms with van der Waals surface area (Å²) in [6.45, 7) is 0. The van der Waals surface area contributed by atoms with Crippen LogP contribution in [0.25, 0.3) is 11.1 Å². The van der Waals surface area contributed by atoms with Gasteiger partial charge in [0.05, 0.1) is 0 Å². The van der Waals surface area contributed by atoms with Crippen molar-refractivity contribution in [2.45, 2.75) is 0 Å². The first-order valence-electron chi connectivity index (χ1n) is 4.47. The molecule has 15 heavy (non-hydrogen) atoms. The maximum atomic E-state index is 5.61. The van der Waals surface area contributed by atoms with Crippen LogP contribution in [0.4, 0.5) is 11.4 Å². The average molecular weight is 239 g/mol. The quantitative estimate of drug-likeness (QED) is 0.593. The Morgan fingerprint density at radius 2 is 0.800 bits per heavy atom. The van der Waals surface area contributed by atoms with Crippen LogP contribution in [0.3, 0.4) is 0 Å². The van der Waals surface area contributed by atoms with Gasteiger partial charge in [0, 0.05) is 28.4 Å². The van der Waals surface area contributed by atoms with Crippen molar-refractivity contribution in [2.75, 3.05) is 11.5 Å². The molecule has 2 aromatic rings. The zero-order chi connectivity index (χ0) is 9.97. The fraction of sp³-hybridized carbons (Fsp3) is 0. The van der Waals surface area contributed by atoms with Crippen molar-refractivity contribution < 1.29 is 17.1 Å². The number of anilines is 2. The molecule has 2 rings (SSSR count). The Labute approximate surface area is 99.8 Å². The second-order valence-electron chi connectivity index (χ2n) is 3.24. The number of hydrogen-bond acceptors (Lipinski definition) is 2. The zero-order valence-electron chi connectivity index (χ0n) is 8.15. The molecule has 0 unspecified atom stereocenters. The molecule has 0 heterocycles. The van der Waals surface area contributed by atoms with E-state index in [1.165, 1.54) is 0 Å². The molecule has 0 saturated heterocycles. The predicted molar refractivity (Wildman–Crippen MR) is 60.7 cm³/mol. The van der Waals surface area contributed by atoms with Crippen molar-refractivity contribution in [3.63, 3.8) is 0 Å². The topological polar surface area (TPSA) is 52.0 Å². The van der Waals surface area contributed by atoms with E-state index >= 15 is 0 Å². The van der Waals surface area contributed by atoms with Gasteiger partial charge in [-0.05, 0) is 35.4 Å². The summed E-state index contributed by atoms with van der Waals surface area (Å²) in [6, 6.07) is 15.6. The van der Waals surface area contributed by atoms with Gasteiger partial charge in [-0.1, -0.05) is 24.3 Å². The first-order valence-corrected chi connectivity index (χ1v) is 4.47. The van der Waals surface area contributed by atoms with Crippen LogP contribution < -0.4 is 11.5 Å². The number of nitrogen functional groups attached to an aromatic ring is 2. The Hall–Kier alpha value is -1.44. The molecule has 0 fully saturated rings. The largest absolute Gasteiger partial charge is 0.399 e. The van der Waals surface area contributed by atoms with E-state index in [4.69, 9.17) is 11.5 Å². The molecule has 1 radical (unpaired) electrons. The minimum absolute atomic E-state index is 0. The van der Waals surface area contributed by atoms with Crippen LogP contribution >= 0.6 is 0 Å². The summed E-state index contributed by atoms with van der Waals surface area (Å²) in [7, 11) is 0. The molecule has 0 aliphatic heterocycles. The number of benzene rings is 2. The molecule has 0 atom stereocenters. The number of nitrogens with two attached hydrogens (primary N) is 2. The van der Waals surface area contributed by atoms with Crippen LogP contribution in [0.15, 0.2) is 48.5 Å². The first kappa shape index (κ1) is 11.6. The summed E-state index contributed by atoms with van der Waals surface area (Å²) in [6.07, 6.45) is 0. The van der Waals surface area contributed by atoms with Crippen LogP contribution in [0.2, 0.25) is 0 Å². The van der Waals surface area contributed by atoms with Crippen molar-refractivity contribution in [2.24, 2.45) is 0 Å². The van der Waals surface area contributed by atoms with Crippen molar-refractivity contribution in [3.05, 3.63) is 48.5 Å². The predicted octanol–water partition coefficient (Wildman–Crippen LogP) is 2.52. The molecule has 4 N–H and O–H groups in total. The maximum Gasteiger partial charge on any atom is 0.0314 e. The van der Waals surface area contributed by atoms with Crippen LogP contribution in [0.5, 0.6) is 0 Å². The van der Waals surface area contributed by atoms with Gasteiger partial charge >= 0.3 is 0 Å². The standard InChI is InChI=1S/C12H12N2.Mn/c13-11-5-1-9(2-6-11)10-3-7-12(14)8-4-10;/h1-8H,13-14H2;. The first-order chi connectivity index (χ1) is 6.75. The monoisotopic (exact) mass is 239 g/mol. The normalized spacial score (nSPS) is 9.33. The van der Waals surface area contributed by atoms with Gasteiger partial charge in [0.1, 0.15) is 0 Å². The fourth-order valence-corrected chi connectivity index (χ4v) is 1.35. The van der Waals surface area contributed by atoms with Gasteiger partial charge < -0.3 is 11.5 Å². The van der Waals surface area contributed by atoms with Crippen LogP contribution in [-0.2, 0) is 17.1 Å². The SMILES string of the molecule is Nc1ccc(-c2ccc(N)cc2)cc1.[Mn]. The van der Waals surface area contributed by atoms with E-state index in [0.29, 0.717) is 0 Å². The fourth-order valence-electron chi connectivity index (χ4n) is 1.35. The number of hydrogen-bond donors (Lipinski definition) is 2. The molecule has 0 aliphatic carbocycles. The Morgan fingerprint density at radius 1 is 0.533 bits per heavy atom. The van der Waals surface area contributed by atoms with E-state index in [2.05, 4.69) is 0 Å². The third-order valence-electron chi connectivity index (χ3n) is 2.15. The molecule has 2 aromatic carbocycles. The maximum absolute atomic E-state index is 5.61. The molecule has 3 heteroatoms. The Kier molecular flexibility index (Phi) is 3.78. The van der Waals surface area contributed by atoms with Gasteiger partial charge in [-0.15, -0.1) is 0 Å². The minimum atomic E-state index is 0. The van der Waals surface area contributed by atoms with Crippen molar-refractivity contribution >= 4 is 11.4 Å². The minimum Gasteiger partial charge on any atom is -0.399 e. The molecular weight excluding hydrogens is 227 g/mol. The molecule has 0 saturated carbocycles. The molecule has 0 amide bonds. The van der Waals surface area contributed by atoms with Gasteiger partial charge in [-0.25, -0.2) is 0 Å². The molecule has 0 aromatic heterocycles. The van der Waals surface area contributed by atoms with Crippen LogP contribution in [0, 0.1) is 0 Å². The van der Waals surface area contributed by atoms with Crippen LogP contribution in [-0.4, -0.2) is 0 Å². The summed E-state index contributed by atoms with van der Waals surface area (Å²) in [5.74, 6) is 0. The van der Waals surface area contributed by atoms with Crippen LogP contribution in [0.1, 0.15) is 0 Å². The molecular formula is C12H12MnN2. The Bertz CT molecular complexity index is 377. The number of rotatable bonds is 1. The van der Waals surface area contributed by atoms with Gasteiger partial charge in [-0.3, -0.25) is 0 Å². The van der Waals surface area contributed by atoms with Crippen molar-refractivity contribution in [3.8, 4) is 11.1 Å². The van der Waals surface area contributed by atoms with E-state index in [1.807, 2.05) is 48.5 Å². The smallest absolute Gasteiger partial charge is 0.0314 e. The Balaban J connectivity index is 0.00000112. The third-order valence-corrected chi connectivity index (χ3v) is 2.15. The molecule has 77 valence electrons. The van der Waals surface area contributed by atoms with E-state index in [9.17, 15) is 0 Å². The van der Waals surface area contributed by atoms with Crippen molar-refractivity contribution in [1.82, 2.24) is 0 Å². The van der Waals surface area contributed by atoms with Gasteiger partial charge in [0.15, 0.2) is 0 Å². The van der Waals surface area contributed by atoms with E-state index in [-0.39, 0.29) is 17.1 Å². The van der Waals surface area contributed by atoms with Gasteiger partial charge in [-0.2, -0.15) is 0 Å². The van der Waals surface area contributed by atoms with E-state index in [0.717, 1.165) is 22.5 Å². The van der Waals surface area contributed by atoms with E-state index < -0.39 is 0 Å². The second-order valence-corrected chi connectivity index (χ2v) is 3.24. The second kappa shape index (κ2) is 4.87. The molecule has 2 nitrogen and oxygen atoms in total. The molecule has 0 spiro atoms. The van der Waals surface area contributed by atoms with Gasteiger partial charge in [0.25, 0.3) is 0 Å². The Morgan fingerprint density at radius 3 is 1.07 bits per heavy atom. The average Bonchev–Trinajstić information content (AvgIpc) is 2.21. The van der Waals surface area contributed by atoms with Gasteiger partial charge in [0.2, 0.25) is 0 Å². The summed E-state index contributed by atoms with van der Waals surface area (Å²) in [5, 5.41) is 0. The summed E-state index contributed by atoms with van der Waals surface area (Å²) >= 11 is 0. The van der Waals surface area contributed by atoms with Crippen molar-refractivity contribution in [1.29, 1.82) is 0 Å². The summed E-state index contributed by atoms with van der Waals surface area (Å²) in [4.78, 5) is 0. The van der Waals surface area contributed by atoms with E-state index in [1.54, 1.807) is 0 Å². The molecule has 0 bridgehead atoms. The summed E-state index contributed by atoms with van der Waals surface area (Å²) < 4.78 is 0. The summed E-state index contributed by atoms with van der Waals surface area (Å²) in [5.41, 5.74) is 15.1. The third kappa shape index (κ3) is 2.75. The molecule has 0 aliphatic rings. The zero-order valence-corrected chi connectivity index (χ0v) is 9.33.